The zero-order valence-corrected chi connectivity index (χ0v) is 14.1. The molecule has 0 spiro atoms. The molecule has 0 saturated carbocycles. The van der Waals surface area contributed by atoms with Gasteiger partial charge >= 0.3 is 0 Å². The summed E-state index contributed by atoms with van der Waals surface area (Å²) in [6, 6.07) is 7.64. The molecule has 122 valence electrons. The SMILES string of the molecule is CN(C)c1ccc(NC(=O)C2CCN(S(C)(=O)=O)CC2)cc1. The molecule has 0 aromatic heterocycles. The summed E-state index contributed by atoms with van der Waals surface area (Å²) < 4.78 is 24.4. The Morgan fingerprint density at radius 1 is 1.18 bits per heavy atom. The van der Waals surface area contributed by atoms with Crippen molar-refractivity contribution < 1.29 is 13.2 Å². The van der Waals surface area contributed by atoms with E-state index in [1.165, 1.54) is 10.6 Å². The lowest BCUT2D eigenvalue weighted by molar-refractivity contribution is -0.120. The highest BCUT2D eigenvalue weighted by molar-refractivity contribution is 7.88. The molecule has 0 unspecified atom stereocenters. The van der Waals surface area contributed by atoms with E-state index in [1.807, 2.05) is 43.3 Å². The fourth-order valence-corrected chi connectivity index (χ4v) is 3.41. The first-order valence-corrected chi connectivity index (χ1v) is 9.15. The van der Waals surface area contributed by atoms with Crippen LogP contribution in [0.2, 0.25) is 0 Å². The first-order valence-electron chi connectivity index (χ1n) is 7.31. The maximum absolute atomic E-state index is 12.3. The van der Waals surface area contributed by atoms with E-state index >= 15 is 0 Å². The molecule has 1 aromatic rings. The van der Waals surface area contributed by atoms with Gasteiger partial charge in [0.05, 0.1) is 6.26 Å². The van der Waals surface area contributed by atoms with Gasteiger partial charge in [-0.05, 0) is 37.1 Å². The lowest BCUT2D eigenvalue weighted by Gasteiger charge is -2.29. The number of benzene rings is 1. The number of rotatable bonds is 4. The van der Waals surface area contributed by atoms with Crippen molar-refractivity contribution >= 4 is 27.3 Å². The molecule has 0 bridgehead atoms. The molecule has 1 saturated heterocycles. The van der Waals surface area contributed by atoms with Crippen molar-refractivity contribution in [2.45, 2.75) is 12.8 Å². The average Bonchev–Trinajstić information content (AvgIpc) is 2.47. The van der Waals surface area contributed by atoms with Gasteiger partial charge in [0.15, 0.2) is 0 Å². The van der Waals surface area contributed by atoms with Crippen LogP contribution in [-0.4, -0.2) is 52.1 Å². The van der Waals surface area contributed by atoms with Gasteiger partial charge in [0, 0.05) is 44.5 Å². The van der Waals surface area contributed by atoms with Crippen LogP contribution < -0.4 is 10.2 Å². The Kier molecular flexibility index (Phi) is 5.08. The van der Waals surface area contributed by atoms with Crippen LogP contribution in [0.1, 0.15) is 12.8 Å². The molecule has 0 atom stereocenters. The predicted molar refractivity (Wildman–Crippen MR) is 88.5 cm³/mol. The van der Waals surface area contributed by atoms with Crippen LogP contribution in [0.3, 0.4) is 0 Å². The summed E-state index contributed by atoms with van der Waals surface area (Å²) in [7, 11) is 0.773. The second kappa shape index (κ2) is 6.66. The number of hydrogen-bond donors (Lipinski definition) is 1. The van der Waals surface area contributed by atoms with Crippen LogP contribution in [0.15, 0.2) is 24.3 Å². The summed E-state index contributed by atoms with van der Waals surface area (Å²) in [6.45, 7) is 0.826. The maximum Gasteiger partial charge on any atom is 0.227 e. The highest BCUT2D eigenvalue weighted by Gasteiger charge is 2.28. The molecule has 22 heavy (non-hydrogen) atoms. The van der Waals surface area contributed by atoms with Crippen molar-refractivity contribution in [1.82, 2.24) is 4.31 Å². The largest absolute Gasteiger partial charge is 0.378 e. The van der Waals surface area contributed by atoms with Crippen LogP contribution in [-0.2, 0) is 14.8 Å². The number of nitrogens with zero attached hydrogens (tertiary/aromatic N) is 2. The van der Waals surface area contributed by atoms with Crippen LogP contribution in [0, 0.1) is 5.92 Å². The third-order valence-corrected chi connectivity index (χ3v) is 5.25. The van der Waals surface area contributed by atoms with E-state index in [0.717, 1.165) is 11.4 Å². The van der Waals surface area contributed by atoms with E-state index in [4.69, 9.17) is 0 Å². The van der Waals surface area contributed by atoms with Gasteiger partial charge in [-0.1, -0.05) is 0 Å². The molecular formula is C15H23N3O3S. The van der Waals surface area contributed by atoms with Gasteiger partial charge in [0.1, 0.15) is 0 Å². The summed E-state index contributed by atoms with van der Waals surface area (Å²) in [5.41, 5.74) is 1.83. The number of nitrogens with one attached hydrogen (secondary N) is 1. The summed E-state index contributed by atoms with van der Waals surface area (Å²) in [5.74, 6) is -0.169. The van der Waals surface area contributed by atoms with Crippen molar-refractivity contribution in [3.63, 3.8) is 0 Å². The Balaban J connectivity index is 1.91. The summed E-state index contributed by atoms with van der Waals surface area (Å²) >= 11 is 0. The number of piperidine rings is 1. The number of amides is 1. The first kappa shape index (κ1) is 16.8. The molecule has 1 fully saturated rings. The quantitative estimate of drug-likeness (QED) is 0.907. The average molecular weight is 325 g/mol. The third-order valence-electron chi connectivity index (χ3n) is 3.94. The third kappa shape index (κ3) is 4.20. The lowest BCUT2D eigenvalue weighted by atomic mass is 9.97. The topological polar surface area (TPSA) is 69.7 Å². The highest BCUT2D eigenvalue weighted by atomic mass is 32.2. The second-order valence-electron chi connectivity index (χ2n) is 5.87. The molecular weight excluding hydrogens is 302 g/mol. The lowest BCUT2D eigenvalue weighted by Crippen LogP contribution is -2.40. The first-order chi connectivity index (χ1) is 10.3. The monoisotopic (exact) mass is 325 g/mol. The smallest absolute Gasteiger partial charge is 0.227 e. The summed E-state index contributed by atoms with van der Waals surface area (Å²) in [4.78, 5) is 14.2. The molecule has 1 aromatic carbocycles. The Hall–Kier alpha value is -1.60. The van der Waals surface area contributed by atoms with E-state index < -0.39 is 10.0 Å². The van der Waals surface area contributed by atoms with Gasteiger partial charge in [-0.3, -0.25) is 4.79 Å². The zero-order chi connectivity index (χ0) is 16.3. The van der Waals surface area contributed by atoms with E-state index in [2.05, 4.69) is 5.32 Å². The van der Waals surface area contributed by atoms with Crippen LogP contribution in [0.4, 0.5) is 11.4 Å². The van der Waals surface area contributed by atoms with E-state index in [-0.39, 0.29) is 11.8 Å². The van der Waals surface area contributed by atoms with Gasteiger partial charge in [0.2, 0.25) is 15.9 Å². The van der Waals surface area contributed by atoms with E-state index in [9.17, 15) is 13.2 Å². The number of anilines is 2. The molecule has 1 N–H and O–H groups in total. The molecule has 1 heterocycles. The fraction of sp³-hybridized carbons (Fsp3) is 0.533. The number of carbonyl (C=O) groups excluding carboxylic acids is 1. The summed E-state index contributed by atoms with van der Waals surface area (Å²) in [5, 5.41) is 2.91. The minimum absolute atomic E-state index is 0.0363. The highest BCUT2D eigenvalue weighted by Crippen LogP contribution is 2.22. The van der Waals surface area contributed by atoms with Gasteiger partial charge in [-0.15, -0.1) is 0 Å². The Bertz CT molecular complexity index is 618. The fourth-order valence-electron chi connectivity index (χ4n) is 2.54. The predicted octanol–water partition coefficient (Wildman–Crippen LogP) is 1.36. The normalized spacial score (nSPS) is 17.2. The number of hydrogen-bond acceptors (Lipinski definition) is 4. The van der Waals surface area contributed by atoms with Crippen LogP contribution in [0.5, 0.6) is 0 Å². The molecule has 1 aliphatic rings. The minimum atomic E-state index is -3.15. The molecule has 0 aliphatic carbocycles. The van der Waals surface area contributed by atoms with E-state index in [0.29, 0.717) is 25.9 Å². The molecule has 6 nitrogen and oxygen atoms in total. The van der Waals surface area contributed by atoms with Gasteiger partial charge in [-0.25, -0.2) is 12.7 Å². The minimum Gasteiger partial charge on any atom is -0.378 e. The molecule has 1 amide bonds. The Morgan fingerprint density at radius 3 is 2.18 bits per heavy atom. The second-order valence-corrected chi connectivity index (χ2v) is 7.85. The standard InChI is InChI=1S/C15H23N3O3S/c1-17(2)14-6-4-13(5-7-14)16-15(19)12-8-10-18(11-9-12)22(3,20)21/h4-7,12H,8-11H2,1-3H3,(H,16,19). The summed E-state index contributed by atoms with van der Waals surface area (Å²) in [6.07, 6.45) is 2.34. The Labute approximate surface area is 132 Å². The van der Waals surface area contributed by atoms with Gasteiger partial charge < -0.3 is 10.2 Å². The van der Waals surface area contributed by atoms with E-state index in [1.54, 1.807) is 0 Å². The van der Waals surface area contributed by atoms with Crippen molar-refractivity contribution in [3.05, 3.63) is 24.3 Å². The van der Waals surface area contributed by atoms with Gasteiger partial charge in [-0.2, -0.15) is 0 Å². The number of carbonyl (C=O) groups is 1. The van der Waals surface area contributed by atoms with Gasteiger partial charge in [0.25, 0.3) is 0 Å². The Morgan fingerprint density at radius 2 is 1.73 bits per heavy atom. The maximum atomic E-state index is 12.3. The van der Waals surface area contributed by atoms with Crippen molar-refractivity contribution in [3.8, 4) is 0 Å². The van der Waals surface area contributed by atoms with Crippen molar-refractivity contribution in [2.24, 2.45) is 5.92 Å². The van der Waals surface area contributed by atoms with Crippen LogP contribution >= 0.6 is 0 Å². The zero-order valence-electron chi connectivity index (χ0n) is 13.2. The van der Waals surface area contributed by atoms with Crippen LogP contribution in [0.25, 0.3) is 0 Å². The van der Waals surface area contributed by atoms with Crippen molar-refractivity contribution in [2.75, 3.05) is 43.7 Å². The molecule has 7 heteroatoms. The molecule has 0 radical (unpaired) electrons. The number of sulfonamides is 1. The molecule has 2 rings (SSSR count). The molecule has 1 aliphatic heterocycles. The van der Waals surface area contributed by atoms with Crippen molar-refractivity contribution in [1.29, 1.82) is 0 Å².